The summed E-state index contributed by atoms with van der Waals surface area (Å²) in [6.07, 6.45) is 1.78. The molecule has 0 aliphatic carbocycles. The largest absolute Gasteiger partial charge is 0.495 e. The molecule has 3 aromatic carbocycles. The molecule has 2 aromatic heterocycles. The van der Waals surface area contributed by atoms with Crippen molar-refractivity contribution >= 4 is 33.5 Å². The summed E-state index contributed by atoms with van der Waals surface area (Å²) in [4.78, 5) is 4.62. The predicted octanol–water partition coefficient (Wildman–Crippen LogP) is 5.20. The zero-order chi connectivity index (χ0) is 22.4. The number of hydrogen-bond acceptors (Lipinski definition) is 4. The summed E-state index contributed by atoms with van der Waals surface area (Å²) in [6, 6.07) is 21.3. The second kappa shape index (κ2) is 7.56. The lowest BCUT2D eigenvalue weighted by Crippen LogP contribution is -2.21. The first-order valence-electron chi connectivity index (χ1n) is 9.91. The maximum atomic E-state index is 9.55. The van der Waals surface area contributed by atoms with Gasteiger partial charge in [-0.15, -0.1) is 0 Å². The molecule has 0 saturated carbocycles. The number of pyridine rings is 1. The van der Waals surface area contributed by atoms with Crippen molar-refractivity contribution in [2.75, 3.05) is 7.11 Å². The van der Waals surface area contributed by atoms with Gasteiger partial charge < -0.3 is 9.30 Å². The van der Waals surface area contributed by atoms with Gasteiger partial charge in [-0.05, 0) is 53.6 Å². The van der Waals surface area contributed by atoms with E-state index < -0.39 is 0 Å². The number of aryl methyl sites for hydroxylation is 1. The highest BCUT2D eigenvalue weighted by atomic mass is 35.5. The van der Waals surface area contributed by atoms with Crippen LogP contribution in [-0.4, -0.2) is 21.2 Å². The van der Waals surface area contributed by atoms with Gasteiger partial charge in [0.2, 0.25) is 5.62 Å². The Hall–Kier alpha value is -4.08. The highest BCUT2D eigenvalue weighted by molar-refractivity contribution is 6.30. The molecule has 0 radical (unpaired) electrons. The molecule has 0 bridgehead atoms. The van der Waals surface area contributed by atoms with E-state index in [2.05, 4.69) is 17.1 Å². The van der Waals surface area contributed by atoms with Gasteiger partial charge in [-0.2, -0.15) is 5.26 Å². The fraction of sp³-hybridized carbons (Fsp3) is 0.0800. The quantitative estimate of drug-likeness (QED) is 0.419. The van der Waals surface area contributed by atoms with Crippen LogP contribution in [0.1, 0.15) is 5.56 Å². The number of benzene rings is 3. The van der Waals surface area contributed by atoms with Crippen molar-refractivity contribution in [3.05, 3.63) is 83.1 Å². The molecule has 0 spiro atoms. The Morgan fingerprint density at radius 1 is 1.03 bits per heavy atom. The van der Waals surface area contributed by atoms with Crippen molar-refractivity contribution in [2.45, 2.75) is 0 Å². The molecule has 7 heteroatoms. The molecular weight excluding hydrogens is 422 g/mol. The Labute approximate surface area is 189 Å². The van der Waals surface area contributed by atoms with Crippen LogP contribution < -0.4 is 10.4 Å². The van der Waals surface area contributed by atoms with Crippen LogP contribution in [0.2, 0.25) is 5.02 Å². The number of halogens is 1. The minimum absolute atomic E-state index is 0.278. The second-order valence-corrected chi connectivity index (χ2v) is 7.88. The highest BCUT2D eigenvalue weighted by Gasteiger charge is 2.16. The first-order chi connectivity index (χ1) is 15.5. The van der Waals surface area contributed by atoms with Gasteiger partial charge in [0.05, 0.1) is 41.1 Å². The molecule has 5 aromatic rings. The van der Waals surface area contributed by atoms with Crippen LogP contribution in [0.15, 0.2) is 66.9 Å². The Kier molecular flexibility index (Phi) is 4.69. The third-order valence-electron chi connectivity index (χ3n) is 5.67. The van der Waals surface area contributed by atoms with E-state index in [9.17, 15) is 5.26 Å². The fourth-order valence-electron chi connectivity index (χ4n) is 4.01. The van der Waals surface area contributed by atoms with Crippen LogP contribution in [0, 0.1) is 16.7 Å². The zero-order valence-corrected chi connectivity index (χ0v) is 18.2. The molecule has 0 unspecified atom stereocenters. The number of rotatable bonds is 3. The molecule has 1 N–H and O–H groups in total. The Morgan fingerprint density at radius 2 is 1.78 bits per heavy atom. The summed E-state index contributed by atoms with van der Waals surface area (Å²) >= 11 is 6.06. The molecule has 0 fully saturated rings. The predicted molar refractivity (Wildman–Crippen MR) is 125 cm³/mol. The molecule has 156 valence electrons. The summed E-state index contributed by atoms with van der Waals surface area (Å²) < 4.78 is 8.91. The summed E-state index contributed by atoms with van der Waals surface area (Å²) in [5.41, 5.74) is 5.97. The van der Waals surface area contributed by atoms with E-state index in [1.165, 1.54) is 7.11 Å². The van der Waals surface area contributed by atoms with E-state index in [1.54, 1.807) is 22.9 Å². The van der Waals surface area contributed by atoms with E-state index in [4.69, 9.17) is 21.7 Å². The fourth-order valence-corrected chi connectivity index (χ4v) is 4.14. The molecule has 0 saturated heterocycles. The maximum absolute atomic E-state index is 9.55. The van der Waals surface area contributed by atoms with Crippen LogP contribution in [0.4, 0.5) is 0 Å². The molecule has 2 heterocycles. The smallest absolute Gasteiger partial charge is 0.207 e. The van der Waals surface area contributed by atoms with Crippen LogP contribution in [-0.2, 0) is 7.05 Å². The van der Waals surface area contributed by atoms with Crippen LogP contribution in [0.5, 0.6) is 5.75 Å². The molecular formula is C25H18ClN5O. The maximum Gasteiger partial charge on any atom is 0.207 e. The van der Waals surface area contributed by atoms with E-state index in [0.29, 0.717) is 22.0 Å². The summed E-state index contributed by atoms with van der Waals surface area (Å²) in [5, 5.41) is 19.9. The van der Waals surface area contributed by atoms with E-state index in [-0.39, 0.29) is 5.62 Å². The van der Waals surface area contributed by atoms with Gasteiger partial charge in [-0.3, -0.25) is 15.0 Å². The first-order valence-corrected chi connectivity index (χ1v) is 10.3. The average molecular weight is 440 g/mol. The summed E-state index contributed by atoms with van der Waals surface area (Å²) in [6.45, 7) is 0. The van der Waals surface area contributed by atoms with Crippen LogP contribution >= 0.6 is 11.6 Å². The third kappa shape index (κ3) is 3.03. The number of aromatic nitrogens is 3. The molecule has 0 aliphatic rings. The average Bonchev–Trinajstić information content (AvgIpc) is 3.09. The van der Waals surface area contributed by atoms with E-state index >= 15 is 0 Å². The van der Waals surface area contributed by atoms with Crippen molar-refractivity contribution in [1.29, 1.82) is 10.7 Å². The van der Waals surface area contributed by atoms with Crippen LogP contribution in [0.3, 0.4) is 0 Å². The number of nitrogens with one attached hydrogen (secondary N) is 1. The SMILES string of the molecule is COc1ccc(-n2c(=N)n(C)c3cnc4ccc(-c5ccc(Cl)cc5)cc4c32)cc1C#N. The summed E-state index contributed by atoms with van der Waals surface area (Å²) in [7, 11) is 3.38. The number of hydrogen-bond donors (Lipinski definition) is 1. The van der Waals surface area contributed by atoms with Crippen LogP contribution in [0.25, 0.3) is 38.8 Å². The van der Waals surface area contributed by atoms with Gasteiger partial charge in [0.25, 0.3) is 0 Å². The third-order valence-corrected chi connectivity index (χ3v) is 5.93. The van der Waals surface area contributed by atoms with Crippen molar-refractivity contribution in [3.63, 3.8) is 0 Å². The number of nitrogens with zero attached hydrogens (tertiary/aromatic N) is 4. The standard InChI is InChI=1S/C25H18ClN5O/c1-30-22-14-29-21-9-5-16(15-3-6-18(26)7-4-15)12-20(21)24(22)31(25(30)28)19-8-10-23(32-2)17(11-19)13-27/h3-12,14,28H,1-2H3. The summed E-state index contributed by atoms with van der Waals surface area (Å²) in [5.74, 6) is 0.500. The number of imidazole rings is 1. The van der Waals surface area contributed by atoms with Crippen molar-refractivity contribution in [3.8, 4) is 28.6 Å². The number of methoxy groups -OCH3 is 1. The minimum atomic E-state index is 0.278. The lowest BCUT2D eigenvalue weighted by Gasteiger charge is -2.10. The highest BCUT2D eigenvalue weighted by Crippen LogP contribution is 2.31. The van der Waals surface area contributed by atoms with Gasteiger partial charge in [-0.25, -0.2) is 0 Å². The first kappa shape index (κ1) is 19.9. The van der Waals surface area contributed by atoms with Gasteiger partial charge in [0, 0.05) is 17.5 Å². The lowest BCUT2D eigenvalue weighted by molar-refractivity contribution is 0.413. The van der Waals surface area contributed by atoms with Gasteiger partial charge in [0.1, 0.15) is 11.8 Å². The minimum Gasteiger partial charge on any atom is -0.495 e. The number of nitriles is 1. The second-order valence-electron chi connectivity index (χ2n) is 7.45. The lowest BCUT2D eigenvalue weighted by atomic mass is 10.0. The van der Waals surface area contributed by atoms with E-state index in [0.717, 1.165) is 33.1 Å². The molecule has 0 atom stereocenters. The van der Waals surface area contributed by atoms with Crippen molar-refractivity contribution in [2.24, 2.45) is 7.05 Å². The van der Waals surface area contributed by atoms with Gasteiger partial charge >= 0.3 is 0 Å². The van der Waals surface area contributed by atoms with Crippen molar-refractivity contribution < 1.29 is 4.74 Å². The molecule has 0 amide bonds. The Bertz CT molecular complexity index is 1610. The van der Waals surface area contributed by atoms with Gasteiger partial charge in [-0.1, -0.05) is 29.8 Å². The molecule has 32 heavy (non-hydrogen) atoms. The monoisotopic (exact) mass is 439 g/mol. The topological polar surface area (TPSA) is 79.6 Å². The molecule has 5 rings (SSSR count). The van der Waals surface area contributed by atoms with Crippen molar-refractivity contribution in [1.82, 2.24) is 14.1 Å². The number of ether oxygens (including phenoxy) is 1. The van der Waals surface area contributed by atoms with E-state index in [1.807, 2.05) is 54.1 Å². The number of fused-ring (bicyclic) bond motifs is 3. The Morgan fingerprint density at radius 3 is 2.50 bits per heavy atom. The Balaban J connectivity index is 1.85. The normalized spacial score (nSPS) is 11.1. The molecule has 0 aliphatic heterocycles. The molecule has 6 nitrogen and oxygen atoms in total. The van der Waals surface area contributed by atoms with Gasteiger partial charge in [0.15, 0.2) is 0 Å². The zero-order valence-electron chi connectivity index (χ0n) is 17.4.